The van der Waals surface area contributed by atoms with Crippen LogP contribution in [0.15, 0.2) is 0 Å². The van der Waals surface area contributed by atoms with E-state index < -0.39 is 10.4 Å². The van der Waals surface area contributed by atoms with Gasteiger partial charge in [-0.3, -0.25) is 4.55 Å². The van der Waals surface area contributed by atoms with Gasteiger partial charge in [0.15, 0.2) is 0 Å². The quantitative estimate of drug-likeness (QED) is 0.270. The van der Waals surface area contributed by atoms with Crippen molar-refractivity contribution in [1.29, 1.82) is 0 Å². The van der Waals surface area contributed by atoms with Crippen LogP contribution < -0.4 is 0 Å². The van der Waals surface area contributed by atoms with Crippen LogP contribution in [0.2, 0.25) is 3.67 Å². The molecule has 0 atom stereocenters. The molecule has 0 aromatic rings. The third kappa shape index (κ3) is 29.0. The van der Waals surface area contributed by atoms with Crippen LogP contribution in [0.4, 0.5) is 0 Å². The van der Waals surface area contributed by atoms with Crippen molar-refractivity contribution in [1.82, 2.24) is 0 Å². The zero-order valence-corrected chi connectivity index (χ0v) is 17.8. The molecule has 0 unspecified atom stereocenters. The van der Waals surface area contributed by atoms with E-state index in [1.807, 2.05) is 0 Å². The van der Waals surface area contributed by atoms with Crippen molar-refractivity contribution in [3.05, 3.63) is 0 Å². The molecule has 4 nitrogen and oxygen atoms in total. The van der Waals surface area contributed by atoms with Crippen LogP contribution >= 0.6 is 0 Å². The molecule has 0 aliphatic heterocycles. The molecule has 130 valence electrons. The first-order valence-corrected chi connectivity index (χ1v) is 11.9. The van der Waals surface area contributed by atoms with E-state index in [0.717, 1.165) is 12.8 Å². The van der Waals surface area contributed by atoms with E-state index in [4.69, 9.17) is 4.55 Å². The predicted octanol–water partition coefficient (Wildman–Crippen LogP) is 5.10. The summed E-state index contributed by atoms with van der Waals surface area (Å²) in [5.74, 6) is 0. The SMILES string of the molecule is CCCCCCCCCCOS(=O)(=O)O.CCCCC[CH2][Na]. The van der Waals surface area contributed by atoms with Crippen LogP contribution in [0.25, 0.3) is 0 Å². The molecule has 0 radical (unpaired) electrons. The molecule has 0 fully saturated rings. The van der Waals surface area contributed by atoms with Crippen LogP contribution in [-0.2, 0) is 14.6 Å². The Morgan fingerprint density at radius 2 is 1.18 bits per heavy atom. The average molecular weight is 347 g/mol. The zero-order chi connectivity index (χ0) is 17.1. The van der Waals surface area contributed by atoms with Gasteiger partial charge in [0, 0.05) is 0 Å². The van der Waals surface area contributed by atoms with Gasteiger partial charge < -0.3 is 0 Å². The van der Waals surface area contributed by atoms with Gasteiger partial charge in [0.25, 0.3) is 0 Å². The van der Waals surface area contributed by atoms with Gasteiger partial charge in [-0.1, -0.05) is 51.9 Å². The first kappa shape index (κ1) is 25.1. The molecule has 0 rings (SSSR count). The van der Waals surface area contributed by atoms with Gasteiger partial charge in [-0.2, -0.15) is 8.42 Å². The molecule has 0 saturated heterocycles. The molecule has 0 aliphatic carbocycles. The molecule has 1 N–H and O–H groups in total. The van der Waals surface area contributed by atoms with Crippen molar-refractivity contribution < 1.29 is 17.2 Å². The monoisotopic (exact) mass is 346 g/mol. The van der Waals surface area contributed by atoms with Crippen LogP contribution in [-0.4, -0.2) is 47.5 Å². The average Bonchev–Trinajstić information content (AvgIpc) is 2.46. The maximum atomic E-state index is 10.2. The number of rotatable bonds is 14. The van der Waals surface area contributed by atoms with Crippen LogP contribution in [0.5, 0.6) is 0 Å². The molecule has 6 heteroatoms. The van der Waals surface area contributed by atoms with E-state index in [9.17, 15) is 8.42 Å². The first-order valence-electron chi connectivity index (χ1n) is 9.09. The molecule has 0 aromatic heterocycles. The summed E-state index contributed by atoms with van der Waals surface area (Å²) in [6, 6.07) is 0. The number of hydrogen-bond donors (Lipinski definition) is 1. The molecule has 0 aliphatic rings. The minimum absolute atomic E-state index is 0.0911. The zero-order valence-electron chi connectivity index (χ0n) is 15.0. The van der Waals surface area contributed by atoms with Crippen molar-refractivity contribution in [3.63, 3.8) is 0 Å². The fourth-order valence-corrected chi connectivity index (χ4v) is 2.91. The second-order valence-electron chi connectivity index (χ2n) is 5.79. The summed E-state index contributed by atoms with van der Waals surface area (Å²) in [4.78, 5) is 0. The molecule has 0 amide bonds. The summed E-state index contributed by atoms with van der Waals surface area (Å²) < 4.78 is 34.3. The summed E-state index contributed by atoms with van der Waals surface area (Å²) in [5.41, 5.74) is 0. The fraction of sp³-hybridized carbons (Fsp3) is 1.00. The van der Waals surface area contributed by atoms with E-state index in [0.29, 0.717) is 6.42 Å². The Kier molecular flexibility index (Phi) is 22.7. The molecule has 0 spiro atoms. The topological polar surface area (TPSA) is 63.6 Å². The van der Waals surface area contributed by atoms with Gasteiger partial charge in [0.05, 0.1) is 6.61 Å². The van der Waals surface area contributed by atoms with E-state index in [2.05, 4.69) is 18.0 Å². The molecule has 0 bridgehead atoms. The third-order valence-corrected chi connectivity index (χ3v) is 4.61. The van der Waals surface area contributed by atoms with Crippen LogP contribution in [0.1, 0.15) is 90.9 Å². The van der Waals surface area contributed by atoms with Crippen molar-refractivity contribution in [2.45, 2.75) is 94.6 Å². The van der Waals surface area contributed by atoms with Gasteiger partial charge in [0.2, 0.25) is 0 Å². The Morgan fingerprint density at radius 3 is 1.59 bits per heavy atom. The third-order valence-electron chi connectivity index (χ3n) is 3.44. The number of hydrogen-bond acceptors (Lipinski definition) is 3. The van der Waals surface area contributed by atoms with Crippen molar-refractivity contribution in [2.24, 2.45) is 0 Å². The predicted molar refractivity (Wildman–Crippen MR) is 94.8 cm³/mol. The van der Waals surface area contributed by atoms with E-state index in [1.165, 1.54) is 89.4 Å². The van der Waals surface area contributed by atoms with Crippen molar-refractivity contribution in [3.8, 4) is 0 Å². The van der Waals surface area contributed by atoms with Crippen LogP contribution in [0.3, 0.4) is 0 Å². The van der Waals surface area contributed by atoms with Gasteiger partial charge in [-0.05, 0) is 6.42 Å². The molecule has 0 saturated carbocycles. The van der Waals surface area contributed by atoms with Crippen molar-refractivity contribution in [2.75, 3.05) is 6.61 Å². The second kappa shape index (κ2) is 19.9. The molecular formula is C16H35NaO4S. The summed E-state index contributed by atoms with van der Waals surface area (Å²) >= 11 is 1.41. The summed E-state index contributed by atoms with van der Waals surface area (Å²) in [7, 11) is -4.23. The van der Waals surface area contributed by atoms with Gasteiger partial charge in [0.1, 0.15) is 0 Å². The minimum atomic E-state index is -4.23. The normalized spacial score (nSPS) is 11.1. The Morgan fingerprint density at radius 1 is 0.773 bits per heavy atom. The van der Waals surface area contributed by atoms with Crippen LogP contribution in [0, 0.1) is 0 Å². The Hall–Kier alpha value is 0.870. The Bertz CT molecular complexity index is 291. The molecule has 22 heavy (non-hydrogen) atoms. The van der Waals surface area contributed by atoms with Gasteiger partial charge in [-0.15, -0.1) is 0 Å². The molecular weight excluding hydrogens is 311 g/mol. The number of unbranched alkanes of at least 4 members (excludes halogenated alkanes) is 10. The maximum absolute atomic E-state index is 10.2. The van der Waals surface area contributed by atoms with E-state index >= 15 is 0 Å². The van der Waals surface area contributed by atoms with Gasteiger partial charge >= 0.3 is 74.6 Å². The second-order valence-corrected chi connectivity index (χ2v) is 7.88. The Labute approximate surface area is 156 Å². The summed E-state index contributed by atoms with van der Waals surface area (Å²) in [5, 5.41) is 0. The van der Waals surface area contributed by atoms with Gasteiger partial charge in [-0.25, -0.2) is 4.18 Å². The molecule has 0 heterocycles. The first-order chi connectivity index (χ1) is 10.5. The van der Waals surface area contributed by atoms with E-state index in [-0.39, 0.29) is 6.61 Å². The summed E-state index contributed by atoms with van der Waals surface area (Å²) in [6.07, 6.45) is 14.8. The standard InChI is InChI=1S/C10H22O4S.C6H13.Na/c1-2-3-4-5-6-7-8-9-10-14-15(11,12)13;1-3-5-6-4-2;/h2-10H2,1H3,(H,11,12,13);1,3-6H2,2H3;. The Balaban J connectivity index is 0. The molecule has 0 aromatic carbocycles. The fourth-order valence-electron chi connectivity index (χ4n) is 2.08. The van der Waals surface area contributed by atoms with Crippen molar-refractivity contribution >= 4 is 38.3 Å². The summed E-state index contributed by atoms with van der Waals surface area (Å²) in [6.45, 7) is 4.54. The van der Waals surface area contributed by atoms with E-state index in [1.54, 1.807) is 0 Å².